The molecule has 2 rings (SSSR count). The minimum Gasteiger partial charge on any atom is -0.496 e. The van der Waals surface area contributed by atoms with E-state index in [4.69, 9.17) is 14.6 Å². The predicted molar refractivity (Wildman–Crippen MR) is 78.5 cm³/mol. The number of rotatable bonds is 5. The Morgan fingerprint density at radius 2 is 2.23 bits per heavy atom. The highest BCUT2D eigenvalue weighted by molar-refractivity contribution is 7.89. The molecule has 0 radical (unpaired) electrons. The van der Waals surface area contributed by atoms with Gasteiger partial charge in [-0.05, 0) is 25.1 Å². The average Bonchev–Trinajstić information content (AvgIpc) is 2.46. The molecule has 0 bridgehead atoms. The van der Waals surface area contributed by atoms with Crippen LogP contribution in [0.3, 0.4) is 0 Å². The molecule has 0 unspecified atom stereocenters. The lowest BCUT2D eigenvalue weighted by atomic mass is 10.1. The molecule has 1 saturated heterocycles. The summed E-state index contributed by atoms with van der Waals surface area (Å²) in [6, 6.07) is 4.02. The number of hydrogen-bond donors (Lipinski definition) is 1. The summed E-state index contributed by atoms with van der Waals surface area (Å²) in [5.74, 6) is -0.691. The largest absolute Gasteiger partial charge is 0.496 e. The van der Waals surface area contributed by atoms with Gasteiger partial charge in [0.25, 0.3) is 0 Å². The molecule has 7 nitrogen and oxygen atoms in total. The van der Waals surface area contributed by atoms with Crippen molar-refractivity contribution in [1.82, 2.24) is 4.31 Å². The monoisotopic (exact) mass is 329 g/mol. The predicted octanol–water partition coefficient (Wildman–Crippen LogP) is 0.732. The molecule has 0 amide bonds. The number of carboxylic acid groups (broad SMARTS) is 1. The van der Waals surface area contributed by atoms with E-state index in [9.17, 15) is 13.2 Å². The topological polar surface area (TPSA) is 93.1 Å². The van der Waals surface area contributed by atoms with E-state index in [1.165, 1.54) is 29.6 Å². The molecule has 0 spiro atoms. The molecule has 1 fully saturated rings. The van der Waals surface area contributed by atoms with E-state index < -0.39 is 16.0 Å². The normalized spacial score (nSPS) is 19.8. The number of benzene rings is 1. The molecular formula is C14H19NO6S. The van der Waals surface area contributed by atoms with Gasteiger partial charge < -0.3 is 14.6 Å². The molecule has 122 valence electrons. The van der Waals surface area contributed by atoms with Crippen molar-refractivity contribution in [1.29, 1.82) is 0 Å². The molecule has 22 heavy (non-hydrogen) atoms. The number of ether oxygens (including phenoxy) is 2. The molecule has 1 heterocycles. The summed E-state index contributed by atoms with van der Waals surface area (Å²) in [5.41, 5.74) is 0.331. The number of carbonyl (C=O) groups is 1. The van der Waals surface area contributed by atoms with Crippen molar-refractivity contribution in [3.05, 3.63) is 23.8 Å². The standard InChI is InChI=1S/C14H19NO6S/c1-10-9-21-6-5-15(10)22(18,19)12-3-4-13(20-2)11(7-12)8-14(16)17/h3-4,7,10H,5-6,8-9H2,1-2H3,(H,16,17)/t10-/m0/s1. The van der Waals surface area contributed by atoms with E-state index in [0.717, 1.165) is 0 Å². The lowest BCUT2D eigenvalue weighted by molar-refractivity contribution is -0.136. The van der Waals surface area contributed by atoms with Gasteiger partial charge in [-0.2, -0.15) is 4.31 Å². The number of morpholine rings is 1. The second-order valence-corrected chi connectivity index (χ2v) is 6.97. The quantitative estimate of drug-likeness (QED) is 0.856. The molecule has 1 aliphatic heterocycles. The van der Waals surface area contributed by atoms with Crippen LogP contribution < -0.4 is 4.74 Å². The molecular weight excluding hydrogens is 310 g/mol. The van der Waals surface area contributed by atoms with Crippen LogP contribution in [0.5, 0.6) is 5.75 Å². The van der Waals surface area contributed by atoms with Crippen molar-refractivity contribution in [2.45, 2.75) is 24.3 Å². The molecule has 0 aromatic heterocycles. The number of nitrogens with zero attached hydrogens (tertiary/aromatic N) is 1. The molecule has 0 saturated carbocycles. The Kier molecular flexibility index (Phi) is 5.05. The van der Waals surface area contributed by atoms with Crippen molar-refractivity contribution in [3.8, 4) is 5.75 Å². The van der Waals surface area contributed by atoms with Gasteiger partial charge in [-0.15, -0.1) is 0 Å². The smallest absolute Gasteiger partial charge is 0.307 e. The second-order valence-electron chi connectivity index (χ2n) is 5.08. The third-order valence-corrected chi connectivity index (χ3v) is 5.52. The molecule has 8 heteroatoms. The van der Waals surface area contributed by atoms with Crippen LogP contribution in [-0.4, -0.2) is 56.7 Å². The van der Waals surface area contributed by atoms with Crippen LogP contribution in [0.2, 0.25) is 0 Å². The number of aliphatic carboxylic acids is 1. The third-order valence-electron chi connectivity index (χ3n) is 3.51. The maximum atomic E-state index is 12.7. The first kappa shape index (κ1) is 16.7. The fourth-order valence-corrected chi connectivity index (χ4v) is 4.07. The van der Waals surface area contributed by atoms with Gasteiger partial charge in [0.05, 0.1) is 31.6 Å². The zero-order chi connectivity index (χ0) is 16.3. The Morgan fingerprint density at radius 3 is 2.82 bits per heavy atom. The third kappa shape index (κ3) is 3.40. The molecule has 1 atom stereocenters. The molecule has 1 aliphatic rings. The van der Waals surface area contributed by atoms with E-state index in [-0.39, 0.29) is 23.9 Å². The van der Waals surface area contributed by atoms with E-state index in [2.05, 4.69) is 0 Å². The summed E-state index contributed by atoms with van der Waals surface area (Å²) >= 11 is 0. The Bertz CT molecular complexity index is 657. The molecule has 1 aromatic rings. The lowest BCUT2D eigenvalue weighted by Gasteiger charge is -2.32. The SMILES string of the molecule is COc1ccc(S(=O)(=O)N2CCOC[C@@H]2C)cc1CC(=O)O. The number of carboxylic acids is 1. The van der Waals surface area contributed by atoms with Gasteiger partial charge in [-0.3, -0.25) is 4.79 Å². The highest BCUT2D eigenvalue weighted by Gasteiger charge is 2.32. The van der Waals surface area contributed by atoms with Crippen LogP contribution in [0.4, 0.5) is 0 Å². The maximum absolute atomic E-state index is 12.7. The van der Waals surface area contributed by atoms with Crippen molar-refractivity contribution < 1.29 is 27.8 Å². The van der Waals surface area contributed by atoms with Gasteiger partial charge in [-0.1, -0.05) is 0 Å². The van der Waals surface area contributed by atoms with Crippen LogP contribution in [0.25, 0.3) is 0 Å². The highest BCUT2D eigenvalue weighted by atomic mass is 32.2. The fourth-order valence-electron chi connectivity index (χ4n) is 2.42. The average molecular weight is 329 g/mol. The molecule has 0 aliphatic carbocycles. The van der Waals surface area contributed by atoms with Gasteiger partial charge in [0.2, 0.25) is 10.0 Å². The Labute approximate surface area is 129 Å². The summed E-state index contributed by atoms with van der Waals surface area (Å²) < 4.78 is 37.2. The summed E-state index contributed by atoms with van der Waals surface area (Å²) in [6.07, 6.45) is -0.300. The summed E-state index contributed by atoms with van der Waals surface area (Å²) in [6.45, 7) is 2.75. The zero-order valence-electron chi connectivity index (χ0n) is 12.5. The first-order valence-corrected chi connectivity index (χ1v) is 8.28. The maximum Gasteiger partial charge on any atom is 0.307 e. The van der Waals surface area contributed by atoms with Crippen molar-refractivity contribution in [3.63, 3.8) is 0 Å². The first-order valence-electron chi connectivity index (χ1n) is 6.84. The van der Waals surface area contributed by atoms with Crippen LogP contribution >= 0.6 is 0 Å². The van der Waals surface area contributed by atoms with Gasteiger partial charge in [0, 0.05) is 18.2 Å². The van der Waals surface area contributed by atoms with Crippen molar-refractivity contribution in [2.75, 3.05) is 26.9 Å². The first-order chi connectivity index (χ1) is 10.4. The fraction of sp³-hybridized carbons (Fsp3) is 0.500. The van der Waals surface area contributed by atoms with Gasteiger partial charge in [0.1, 0.15) is 5.75 Å². The summed E-state index contributed by atoms with van der Waals surface area (Å²) in [5, 5.41) is 8.94. The van der Waals surface area contributed by atoms with Crippen LogP contribution in [0.15, 0.2) is 23.1 Å². The summed E-state index contributed by atoms with van der Waals surface area (Å²) in [7, 11) is -2.27. The van der Waals surface area contributed by atoms with Crippen molar-refractivity contribution >= 4 is 16.0 Å². The molecule has 1 aromatic carbocycles. The number of methoxy groups -OCH3 is 1. The van der Waals surface area contributed by atoms with E-state index in [0.29, 0.717) is 24.5 Å². The summed E-state index contributed by atoms with van der Waals surface area (Å²) in [4.78, 5) is 11.0. The minimum atomic E-state index is -3.69. The van der Waals surface area contributed by atoms with Gasteiger partial charge in [0.15, 0.2) is 0 Å². The van der Waals surface area contributed by atoms with E-state index >= 15 is 0 Å². The van der Waals surface area contributed by atoms with Gasteiger partial charge in [-0.25, -0.2) is 8.42 Å². The Hall–Kier alpha value is -1.64. The van der Waals surface area contributed by atoms with Crippen LogP contribution in [-0.2, 0) is 26.0 Å². The second kappa shape index (κ2) is 6.64. The Morgan fingerprint density at radius 1 is 1.50 bits per heavy atom. The van der Waals surface area contributed by atoms with E-state index in [1.807, 2.05) is 0 Å². The van der Waals surface area contributed by atoms with Crippen molar-refractivity contribution in [2.24, 2.45) is 0 Å². The highest BCUT2D eigenvalue weighted by Crippen LogP contribution is 2.26. The molecule has 1 N–H and O–H groups in total. The number of hydrogen-bond acceptors (Lipinski definition) is 5. The Balaban J connectivity index is 2.40. The van der Waals surface area contributed by atoms with Crippen LogP contribution in [0.1, 0.15) is 12.5 Å². The number of sulfonamides is 1. The minimum absolute atomic E-state index is 0.0679. The van der Waals surface area contributed by atoms with Crippen LogP contribution in [0, 0.1) is 0 Å². The lowest BCUT2D eigenvalue weighted by Crippen LogP contribution is -2.46. The van der Waals surface area contributed by atoms with E-state index in [1.54, 1.807) is 6.92 Å². The van der Waals surface area contributed by atoms with Gasteiger partial charge >= 0.3 is 5.97 Å². The zero-order valence-corrected chi connectivity index (χ0v) is 13.3.